The van der Waals surface area contributed by atoms with Crippen LogP contribution in [0.15, 0.2) is 24.3 Å². The van der Waals surface area contributed by atoms with Crippen LogP contribution in [0, 0.1) is 29.4 Å². The number of aromatic nitrogens is 5. The van der Waals surface area contributed by atoms with Gasteiger partial charge in [-0.2, -0.15) is 5.10 Å². The zero-order valence-corrected chi connectivity index (χ0v) is 20.3. The van der Waals surface area contributed by atoms with Gasteiger partial charge in [0.25, 0.3) is 0 Å². The van der Waals surface area contributed by atoms with Crippen molar-refractivity contribution in [3.63, 3.8) is 0 Å². The predicted molar refractivity (Wildman–Crippen MR) is 131 cm³/mol. The van der Waals surface area contributed by atoms with Gasteiger partial charge < -0.3 is 5.32 Å². The molecule has 7 nitrogen and oxygen atoms in total. The molecule has 4 aliphatic carbocycles. The van der Waals surface area contributed by atoms with Gasteiger partial charge in [-0.25, -0.2) is 0 Å². The van der Waals surface area contributed by atoms with Crippen LogP contribution < -0.4 is 5.32 Å². The van der Waals surface area contributed by atoms with Crippen LogP contribution in [0.4, 0.5) is 5.13 Å². The lowest BCUT2D eigenvalue weighted by molar-refractivity contribution is -0.116. The molecule has 0 unspecified atom stereocenters. The minimum absolute atomic E-state index is 0.0823. The van der Waals surface area contributed by atoms with Gasteiger partial charge in [0.2, 0.25) is 11.0 Å². The van der Waals surface area contributed by atoms with Gasteiger partial charge in [0.05, 0.1) is 0 Å². The molecule has 7 rings (SSSR count). The zero-order chi connectivity index (χ0) is 22.6. The summed E-state index contributed by atoms with van der Waals surface area (Å²) >= 11 is 6.98. The molecule has 1 amide bonds. The summed E-state index contributed by atoms with van der Waals surface area (Å²) < 4.78 is 2.39. The molecule has 0 radical (unpaired) electrons. The van der Waals surface area contributed by atoms with Crippen molar-refractivity contribution in [3.05, 3.63) is 39.6 Å². The average Bonchev–Trinajstić information content (AvgIpc) is 3.39. The summed E-state index contributed by atoms with van der Waals surface area (Å²) in [7, 11) is 0. The Kier molecular flexibility index (Phi) is 5.21. The number of benzene rings is 1. The topological polar surface area (TPSA) is 88.5 Å². The smallest absolute Gasteiger partial charge is 0.227 e. The van der Waals surface area contributed by atoms with Crippen LogP contribution in [-0.2, 0) is 16.8 Å². The predicted octanol–water partition coefficient (Wildman–Crippen LogP) is 5.26. The maximum Gasteiger partial charge on any atom is 0.227 e. The number of H-pyrrole nitrogens is 1. The van der Waals surface area contributed by atoms with Gasteiger partial charge in [0.1, 0.15) is 5.01 Å². The third kappa shape index (κ3) is 3.95. The molecule has 4 fully saturated rings. The first-order chi connectivity index (χ1) is 16.0. The fraction of sp³-hybridized carbons (Fsp3) is 0.542. The first-order valence-corrected chi connectivity index (χ1v) is 13.1. The van der Waals surface area contributed by atoms with E-state index in [4.69, 9.17) is 12.2 Å². The van der Waals surface area contributed by atoms with Crippen LogP contribution in [0.1, 0.15) is 55.5 Å². The van der Waals surface area contributed by atoms with E-state index < -0.39 is 0 Å². The molecule has 2 heterocycles. The molecule has 4 aliphatic rings. The number of carbonyl (C=O) groups excluding carboxylic acids is 1. The summed E-state index contributed by atoms with van der Waals surface area (Å²) in [5.41, 5.74) is 2.36. The number of rotatable bonds is 6. The normalized spacial score (nSPS) is 27.7. The number of amides is 1. The van der Waals surface area contributed by atoms with Gasteiger partial charge in [-0.15, -0.1) is 10.2 Å². The van der Waals surface area contributed by atoms with E-state index >= 15 is 0 Å². The Labute approximate surface area is 202 Å². The number of aromatic amines is 1. The molecule has 2 N–H and O–H groups in total. The first-order valence-electron chi connectivity index (χ1n) is 11.8. The fourth-order valence-electron chi connectivity index (χ4n) is 6.70. The van der Waals surface area contributed by atoms with E-state index in [0.717, 1.165) is 34.1 Å². The highest BCUT2D eigenvalue weighted by Gasteiger charge is 2.53. The average molecular weight is 481 g/mol. The van der Waals surface area contributed by atoms with Crippen molar-refractivity contribution in [2.24, 2.45) is 17.8 Å². The number of carbonyl (C=O) groups is 1. The summed E-state index contributed by atoms with van der Waals surface area (Å²) in [6, 6.07) is 8.12. The molecule has 0 aliphatic heterocycles. The maximum absolute atomic E-state index is 12.7. The summed E-state index contributed by atoms with van der Waals surface area (Å²) in [6.07, 6.45) is 8.26. The Morgan fingerprint density at radius 1 is 1.15 bits per heavy atom. The first kappa shape index (κ1) is 21.2. The van der Waals surface area contributed by atoms with Crippen LogP contribution in [0.25, 0.3) is 11.4 Å². The standard InChI is InChI=1S/C24H28N6OS2/c1-14-2-4-18(5-3-14)20-26-29-23(32)30(20)7-6-19(31)25-22-28-27-21(33-22)24-11-15-8-16(12-24)10-17(9-15)13-24/h2-5,15-17H,6-13H2,1H3,(H,29,32)(H,25,28,31). The molecular formula is C24H28N6OS2. The fourth-order valence-corrected chi connectivity index (χ4v) is 7.91. The summed E-state index contributed by atoms with van der Waals surface area (Å²) in [6.45, 7) is 2.50. The van der Waals surface area contributed by atoms with E-state index in [-0.39, 0.29) is 11.3 Å². The number of nitrogens with zero attached hydrogens (tertiary/aromatic N) is 4. The Hall–Kier alpha value is -2.39. The molecule has 2 aromatic heterocycles. The molecule has 172 valence electrons. The SMILES string of the molecule is Cc1ccc(-c2n[nH]c(=S)n2CCC(=O)Nc2nnc(C34CC5CC(CC(C5)C3)C4)s2)cc1. The molecule has 4 bridgehead atoms. The van der Waals surface area contributed by atoms with Gasteiger partial charge >= 0.3 is 0 Å². The highest BCUT2D eigenvalue weighted by atomic mass is 32.1. The largest absolute Gasteiger partial charge is 0.300 e. The quantitative estimate of drug-likeness (QED) is 0.470. The summed E-state index contributed by atoms with van der Waals surface area (Å²) in [4.78, 5) is 12.7. The van der Waals surface area contributed by atoms with Gasteiger partial charge in [-0.1, -0.05) is 41.2 Å². The second-order valence-electron chi connectivity index (χ2n) is 10.3. The highest BCUT2D eigenvalue weighted by molar-refractivity contribution is 7.71. The van der Waals surface area contributed by atoms with Crippen LogP contribution in [0.3, 0.4) is 0 Å². The second kappa shape index (κ2) is 8.13. The lowest BCUT2D eigenvalue weighted by Gasteiger charge is -2.55. The summed E-state index contributed by atoms with van der Waals surface area (Å²) in [5.74, 6) is 3.25. The zero-order valence-electron chi connectivity index (χ0n) is 18.7. The van der Waals surface area contributed by atoms with E-state index in [2.05, 4.69) is 25.7 Å². The molecule has 9 heteroatoms. The summed E-state index contributed by atoms with van der Waals surface area (Å²) in [5, 5.41) is 20.8. The molecular weight excluding hydrogens is 452 g/mol. The lowest BCUT2D eigenvalue weighted by atomic mass is 9.50. The van der Waals surface area contributed by atoms with E-state index in [9.17, 15) is 4.79 Å². The van der Waals surface area contributed by atoms with Gasteiger partial charge in [0.15, 0.2) is 10.6 Å². The number of aryl methyl sites for hydroxylation is 1. The van der Waals surface area contributed by atoms with Crippen molar-refractivity contribution in [2.75, 3.05) is 5.32 Å². The molecule has 3 aromatic rings. The van der Waals surface area contributed by atoms with E-state index in [0.29, 0.717) is 22.9 Å². The van der Waals surface area contributed by atoms with Crippen molar-refractivity contribution in [1.82, 2.24) is 25.0 Å². The van der Waals surface area contributed by atoms with Gasteiger partial charge in [0, 0.05) is 23.9 Å². The van der Waals surface area contributed by atoms with Crippen LogP contribution in [0.5, 0.6) is 0 Å². The minimum Gasteiger partial charge on any atom is -0.300 e. The maximum atomic E-state index is 12.7. The monoisotopic (exact) mass is 480 g/mol. The number of hydrogen-bond donors (Lipinski definition) is 2. The number of anilines is 1. The number of hydrogen-bond acceptors (Lipinski definition) is 6. The van der Waals surface area contributed by atoms with E-state index in [1.165, 1.54) is 44.1 Å². The third-order valence-corrected chi connectivity index (χ3v) is 9.19. The van der Waals surface area contributed by atoms with Crippen LogP contribution in [0.2, 0.25) is 0 Å². The minimum atomic E-state index is -0.0823. The Bertz CT molecular complexity index is 1210. The van der Waals surface area contributed by atoms with Crippen molar-refractivity contribution < 1.29 is 4.79 Å². The number of nitrogens with one attached hydrogen (secondary N) is 2. The van der Waals surface area contributed by atoms with Crippen LogP contribution >= 0.6 is 23.6 Å². The Morgan fingerprint density at radius 2 is 1.82 bits per heavy atom. The van der Waals surface area contributed by atoms with E-state index in [1.807, 2.05) is 35.8 Å². The molecule has 33 heavy (non-hydrogen) atoms. The van der Waals surface area contributed by atoms with E-state index in [1.54, 1.807) is 11.3 Å². The molecule has 0 saturated heterocycles. The second-order valence-corrected chi connectivity index (χ2v) is 11.6. The molecule has 4 saturated carbocycles. The highest BCUT2D eigenvalue weighted by Crippen LogP contribution is 2.61. The Balaban J connectivity index is 1.12. The van der Waals surface area contributed by atoms with Crippen molar-refractivity contribution in [2.45, 2.75) is 63.8 Å². The van der Waals surface area contributed by atoms with Crippen molar-refractivity contribution in [1.29, 1.82) is 0 Å². The molecule has 0 atom stereocenters. The lowest BCUT2D eigenvalue weighted by Crippen LogP contribution is -2.48. The molecule has 1 aromatic carbocycles. The van der Waals surface area contributed by atoms with Crippen LogP contribution in [-0.4, -0.2) is 30.9 Å². The van der Waals surface area contributed by atoms with Gasteiger partial charge in [-0.3, -0.25) is 14.5 Å². The third-order valence-electron chi connectivity index (χ3n) is 7.79. The Morgan fingerprint density at radius 3 is 2.48 bits per heavy atom. The van der Waals surface area contributed by atoms with Gasteiger partial charge in [-0.05, 0) is 75.4 Å². The molecule has 0 spiro atoms. The van der Waals surface area contributed by atoms with Crippen molar-refractivity contribution in [3.8, 4) is 11.4 Å². The van der Waals surface area contributed by atoms with Crippen molar-refractivity contribution >= 4 is 34.6 Å².